The molecule has 2 rings (SSSR count). The topological polar surface area (TPSA) is 30.7 Å². The molecule has 2 aromatic rings. The van der Waals surface area contributed by atoms with Crippen LogP contribution in [0.1, 0.15) is 19.5 Å². The van der Waals surface area contributed by atoms with Crippen molar-refractivity contribution in [1.82, 2.24) is 14.5 Å². The van der Waals surface area contributed by atoms with Crippen molar-refractivity contribution in [2.45, 2.75) is 20.8 Å². The molecule has 0 spiro atoms. The molecule has 0 N–H and O–H groups in total. The first-order chi connectivity index (χ1) is 6.70. The zero-order valence-corrected chi connectivity index (χ0v) is 10.4. The van der Waals surface area contributed by atoms with Crippen molar-refractivity contribution in [3.63, 3.8) is 0 Å². The van der Waals surface area contributed by atoms with E-state index in [9.17, 15) is 0 Å². The summed E-state index contributed by atoms with van der Waals surface area (Å²) in [6.45, 7) is 5.91. The molecule has 0 bridgehead atoms. The summed E-state index contributed by atoms with van der Waals surface area (Å²) in [6.07, 6.45) is 1.67. The van der Waals surface area contributed by atoms with Crippen molar-refractivity contribution in [1.29, 1.82) is 0 Å². The SMILES string of the molecule is CC.Cc1nn(P)c2nccc(Cl)c12. The second-order valence-electron chi connectivity index (χ2n) is 2.52. The molecule has 0 fully saturated rings. The molecule has 0 aliphatic heterocycles. The van der Waals surface area contributed by atoms with E-state index in [0.29, 0.717) is 5.02 Å². The Labute approximate surface area is 90.7 Å². The van der Waals surface area contributed by atoms with Crippen molar-refractivity contribution in [3.05, 3.63) is 23.0 Å². The van der Waals surface area contributed by atoms with E-state index < -0.39 is 0 Å². The van der Waals surface area contributed by atoms with E-state index in [0.717, 1.165) is 16.7 Å². The predicted octanol–water partition coefficient (Wildman–Crippen LogP) is 3.06. The average Bonchev–Trinajstić information content (AvgIpc) is 2.47. The second-order valence-corrected chi connectivity index (χ2v) is 3.42. The van der Waals surface area contributed by atoms with Crippen molar-refractivity contribution >= 4 is 32.0 Å². The molecular weight excluding hydrogens is 217 g/mol. The van der Waals surface area contributed by atoms with Crippen molar-refractivity contribution < 1.29 is 0 Å². The smallest absolute Gasteiger partial charge is 0.162 e. The van der Waals surface area contributed by atoms with Gasteiger partial charge in [0, 0.05) is 6.20 Å². The van der Waals surface area contributed by atoms with Gasteiger partial charge in [0.2, 0.25) is 0 Å². The maximum Gasteiger partial charge on any atom is 0.162 e. The van der Waals surface area contributed by atoms with Crippen LogP contribution in [-0.2, 0) is 0 Å². The van der Waals surface area contributed by atoms with Crippen LogP contribution in [0.3, 0.4) is 0 Å². The van der Waals surface area contributed by atoms with Gasteiger partial charge < -0.3 is 0 Å². The summed E-state index contributed by atoms with van der Waals surface area (Å²) in [7, 11) is 2.47. The van der Waals surface area contributed by atoms with Crippen molar-refractivity contribution in [2.24, 2.45) is 0 Å². The summed E-state index contributed by atoms with van der Waals surface area (Å²) in [5.74, 6) is 0. The molecule has 0 aliphatic rings. The Hall–Kier alpha value is -0.660. The Kier molecular flexibility index (Phi) is 3.85. The highest BCUT2D eigenvalue weighted by Crippen LogP contribution is 2.25. The number of halogens is 1. The number of aromatic nitrogens is 3. The Morgan fingerprint density at radius 3 is 2.64 bits per heavy atom. The Bertz CT molecular complexity index is 439. The Morgan fingerprint density at radius 1 is 1.43 bits per heavy atom. The monoisotopic (exact) mass is 229 g/mol. The minimum Gasteiger partial charge on any atom is -0.237 e. The zero-order chi connectivity index (χ0) is 10.7. The predicted molar refractivity (Wildman–Crippen MR) is 63.7 cm³/mol. The van der Waals surface area contributed by atoms with Gasteiger partial charge in [-0.3, -0.25) is 0 Å². The fraction of sp³-hybridized carbons (Fsp3) is 0.333. The van der Waals surface area contributed by atoms with Gasteiger partial charge in [-0.25, -0.2) is 9.44 Å². The van der Waals surface area contributed by atoms with Crippen LogP contribution in [0, 0.1) is 6.92 Å². The number of hydrogen-bond acceptors (Lipinski definition) is 2. The fourth-order valence-corrected chi connectivity index (χ4v) is 1.84. The van der Waals surface area contributed by atoms with Crippen molar-refractivity contribution in [2.75, 3.05) is 0 Å². The van der Waals surface area contributed by atoms with Crippen LogP contribution in [0.25, 0.3) is 11.0 Å². The summed E-state index contributed by atoms with van der Waals surface area (Å²) in [6, 6.07) is 1.77. The molecule has 0 aromatic carbocycles. The number of hydrogen-bond donors (Lipinski definition) is 0. The lowest BCUT2D eigenvalue weighted by molar-refractivity contribution is 0.991. The molecule has 0 saturated carbocycles. The number of aryl methyl sites for hydroxylation is 1. The molecule has 14 heavy (non-hydrogen) atoms. The first kappa shape index (κ1) is 11.4. The van der Waals surface area contributed by atoms with Gasteiger partial charge in [0.1, 0.15) is 0 Å². The van der Waals surface area contributed by atoms with Crippen LogP contribution < -0.4 is 0 Å². The third-order valence-corrected chi connectivity index (χ3v) is 2.39. The van der Waals surface area contributed by atoms with Crippen LogP contribution in [0.4, 0.5) is 0 Å². The summed E-state index contributed by atoms with van der Waals surface area (Å²) < 4.78 is 1.65. The molecule has 0 aliphatic carbocycles. The lowest BCUT2D eigenvalue weighted by atomic mass is 10.3. The van der Waals surface area contributed by atoms with Gasteiger partial charge in [0.15, 0.2) is 5.65 Å². The lowest BCUT2D eigenvalue weighted by Gasteiger charge is -1.92. The molecule has 1 unspecified atom stereocenters. The molecule has 0 saturated heterocycles. The minimum atomic E-state index is 0.700. The van der Waals surface area contributed by atoms with E-state index in [2.05, 4.69) is 19.5 Å². The molecule has 0 amide bonds. The van der Waals surface area contributed by atoms with Gasteiger partial charge in [-0.05, 0) is 22.4 Å². The third kappa shape index (κ3) is 1.89. The van der Waals surface area contributed by atoms with Crippen LogP contribution >= 0.6 is 21.0 Å². The largest absolute Gasteiger partial charge is 0.237 e. The first-order valence-corrected chi connectivity index (χ1v) is 5.34. The maximum absolute atomic E-state index is 5.97. The molecule has 2 heterocycles. The summed E-state index contributed by atoms with van der Waals surface area (Å²) in [5.41, 5.74) is 1.70. The van der Waals surface area contributed by atoms with Gasteiger partial charge in [0.25, 0.3) is 0 Å². The van der Waals surface area contributed by atoms with Gasteiger partial charge in [0.05, 0.1) is 16.1 Å². The quantitative estimate of drug-likeness (QED) is 0.650. The van der Waals surface area contributed by atoms with Gasteiger partial charge >= 0.3 is 0 Å². The highest BCUT2D eigenvalue weighted by molar-refractivity contribution is 7.14. The number of rotatable bonds is 0. The van der Waals surface area contributed by atoms with E-state index in [1.165, 1.54) is 0 Å². The van der Waals surface area contributed by atoms with Gasteiger partial charge in [-0.1, -0.05) is 25.4 Å². The van der Waals surface area contributed by atoms with Crippen LogP contribution in [-0.4, -0.2) is 14.5 Å². The maximum atomic E-state index is 5.97. The molecule has 2 aromatic heterocycles. The normalized spacial score (nSPS) is 9.79. The molecule has 76 valence electrons. The molecule has 1 atom stereocenters. The standard InChI is InChI=1S/C7H7ClN3P.C2H6/c1-4-6-5(8)2-3-9-7(6)11(12)10-4;1-2/h2-3H,12H2,1H3;1-2H3. The highest BCUT2D eigenvalue weighted by atomic mass is 35.5. The number of nitrogens with zero attached hydrogens (tertiary/aromatic N) is 3. The van der Waals surface area contributed by atoms with E-state index in [4.69, 9.17) is 11.6 Å². The van der Waals surface area contributed by atoms with Crippen LogP contribution in [0.15, 0.2) is 12.3 Å². The van der Waals surface area contributed by atoms with E-state index in [1.807, 2.05) is 20.8 Å². The molecule has 3 nitrogen and oxygen atoms in total. The third-order valence-electron chi connectivity index (χ3n) is 1.72. The first-order valence-electron chi connectivity index (χ1n) is 4.45. The average molecular weight is 230 g/mol. The molecule has 5 heteroatoms. The van der Waals surface area contributed by atoms with Crippen LogP contribution in [0.5, 0.6) is 0 Å². The summed E-state index contributed by atoms with van der Waals surface area (Å²) >= 11 is 5.97. The molecular formula is C9H13ClN3P. The van der Waals surface area contributed by atoms with Crippen molar-refractivity contribution in [3.8, 4) is 0 Å². The summed E-state index contributed by atoms with van der Waals surface area (Å²) in [5, 5.41) is 5.81. The van der Waals surface area contributed by atoms with E-state index in [-0.39, 0.29) is 0 Å². The lowest BCUT2D eigenvalue weighted by Crippen LogP contribution is -1.82. The Balaban J connectivity index is 0.000000461. The highest BCUT2D eigenvalue weighted by Gasteiger charge is 2.08. The fourth-order valence-electron chi connectivity index (χ4n) is 1.20. The molecule has 0 radical (unpaired) electrons. The Morgan fingerprint density at radius 2 is 2.07 bits per heavy atom. The minimum absolute atomic E-state index is 0.700. The van der Waals surface area contributed by atoms with Gasteiger partial charge in [-0.2, -0.15) is 5.10 Å². The number of fused-ring (bicyclic) bond motifs is 1. The second kappa shape index (κ2) is 4.72. The van der Waals surface area contributed by atoms with Gasteiger partial charge in [-0.15, -0.1) is 0 Å². The summed E-state index contributed by atoms with van der Waals surface area (Å²) in [4.78, 5) is 4.16. The number of pyridine rings is 1. The van der Waals surface area contributed by atoms with E-state index in [1.54, 1.807) is 16.7 Å². The zero-order valence-electron chi connectivity index (χ0n) is 8.45. The van der Waals surface area contributed by atoms with E-state index >= 15 is 0 Å². The van der Waals surface area contributed by atoms with Crippen LogP contribution in [0.2, 0.25) is 5.02 Å².